The van der Waals surface area contributed by atoms with Gasteiger partial charge in [-0.05, 0) is 115 Å². The summed E-state index contributed by atoms with van der Waals surface area (Å²) >= 11 is 0. The molecule has 0 aromatic heterocycles. The van der Waals surface area contributed by atoms with Crippen LogP contribution in [0.3, 0.4) is 0 Å². The van der Waals surface area contributed by atoms with Crippen molar-refractivity contribution in [1.29, 1.82) is 0 Å². The summed E-state index contributed by atoms with van der Waals surface area (Å²) in [5, 5.41) is 9.61. The van der Waals surface area contributed by atoms with Gasteiger partial charge in [-0.2, -0.15) is 0 Å². The molecule has 0 saturated heterocycles. The molecule has 0 heterocycles. The number of ether oxygens (including phenoxy) is 1. The van der Waals surface area contributed by atoms with Crippen LogP contribution in [0.2, 0.25) is 18.1 Å². The molecule has 202 valence electrons. The van der Waals surface area contributed by atoms with Crippen molar-refractivity contribution in [3.63, 3.8) is 0 Å². The van der Waals surface area contributed by atoms with E-state index in [9.17, 15) is 5.11 Å². The fourth-order valence-electron chi connectivity index (χ4n) is 8.21. The number of unbranched alkanes of at least 4 members (excludes halogenated alkanes) is 2. The number of benzene rings is 1. The third-order valence-corrected chi connectivity index (χ3v) is 15.5. The van der Waals surface area contributed by atoms with Gasteiger partial charge in [0.25, 0.3) is 0 Å². The number of aryl methyl sites for hydroxylation is 1. The van der Waals surface area contributed by atoms with Gasteiger partial charge in [-0.1, -0.05) is 52.7 Å². The van der Waals surface area contributed by atoms with E-state index in [0.717, 1.165) is 25.0 Å². The molecular weight excluding hydrogens is 460 g/mol. The number of aliphatic hydroxyl groups is 1. The summed E-state index contributed by atoms with van der Waals surface area (Å²) in [6.07, 6.45) is 13.1. The molecule has 4 heteroatoms. The first-order chi connectivity index (χ1) is 16.9. The predicted octanol–water partition coefficient (Wildman–Crippen LogP) is 8.28. The van der Waals surface area contributed by atoms with E-state index in [4.69, 9.17) is 9.16 Å². The van der Waals surface area contributed by atoms with Crippen LogP contribution in [0.15, 0.2) is 30.9 Å². The number of methoxy groups -OCH3 is 1. The Morgan fingerprint density at radius 1 is 1.17 bits per heavy atom. The van der Waals surface area contributed by atoms with Gasteiger partial charge >= 0.3 is 0 Å². The number of allylic oxidation sites excluding steroid dienone is 1. The summed E-state index contributed by atoms with van der Waals surface area (Å²) in [5.74, 6) is 2.72. The minimum Gasteiger partial charge on any atom is -0.497 e. The molecule has 3 aliphatic carbocycles. The predicted molar refractivity (Wildman–Crippen MR) is 153 cm³/mol. The van der Waals surface area contributed by atoms with Gasteiger partial charge in [0, 0.05) is 6.61 Å². The molecule has 0 bridgehead atoms. The van der Waals surface area contributed by atoms with Crippen LogP contribution in [0.4, 0.5) is 0 Å². The van der Waals surface area contributed by atoms with Crippen LogP contribution in [0.25, 0.3) is 0 Å². The molecule has 3 aliphatic rings. The molecule has 0 spiro atoms. The van der Waals surface area contributed by atoms with Gasteiger partial charge in [0.1, 0.15) is 5.75 Å². The fourth-order valence-corrected chi connectivity index (χ4v) is 9.66. The summed E-state index contributed by atoms with van der Waals surface area (Å²) in [5.41, 5.74) is 3.34. The topological polar surface area (TPSA) is 38.7 Å². The molecule has 6 atom stereocenters. The average Bonchev–Trinajstić information content (AvgIpc) is 3.15. The van der Waals surface area contributed by atoms with Crippen molar-refractivity contribution in [1.82, 2.24) is 0 Å². The van der Waals surface area contributed by atoms with Gasteiger partial charge in [0.05, 0.1) is 13.2 Å². The van der Waals surface area contributed by atoms with Gasteiger partial charge in [0.2, 0.25) is 0 Å². The number of fused-ring (bicyclic) bond motifs is 5. The standard InChI is InChI=1S/C32H52O3Si/c1-9-32-19-18-23-21-25(34-6)14-15-26(23)29(32)24(13-11-10-12-20-33)22-31(5)27(32)16-17-28(31)35-36(7,8)30(2,3)4/h9,14-15,21,24,27-29,33H,1,10-13,16-20,22H2,2-8H3/t24-,27+,28-,29+,31-,32?/m0/s1. The molecule has 4 rings (SSSR count). The lowest BCUT2D eigenvalue weighted by atomic mass is 9.44. The van der Waals surface area contributed by atoms with Crippen LogP contribution in [0.1, 0.15) is 96.1 Å². The van der Waals surface area contributed by atoms with Crippen molar-refractivity contribution in [3.05, 3.63) is 42.0 Å². The lowest BCUT2D eigenvalue weighted by Gasteiger charge is -2.61. The Bertz CT molecular complexity index is 934. The second-order valence-electron chi connectivity index (χ2n) is 13.9. The molecule has 3 nitrogen and oxygen atoms in total. The molecule has 1 N–H and O–H groups in total. The number of rotatable bonds is 9. The third-order valence-electron chi connectivity index (χ3n) is 11.0. The lowest BCUT2D eigenvalue weighted by molar-refractivity contribution is -0.0772. The van der Waals surface area contributed by atoms with Crippen LogP contribution in [-0.4, -0.2) is 33.2 Å². The molecule has 0 radical (unpaired) electrons. The Kier molecular flexibility index (Phi) is 7.93. The molecule has 0 aliphatic heterocycles. The normalized spacial score (nSPS) is 34.0. The van der Waals surface area contributed by atoms with Crippen molar-refractivity contribution in [2.75, 3.05) is 13.7 Å². The van der Waals surface area contributed by atoms with Crippen LogP contribution < -0.4 is 4.74 Å². The highest BCUT2D eigenvalue weighted by atomic mass is 28.4. The van der Waals surface area contributed by atoms with Gasteiger partial charge < -0.3 is 14.3 Å². The Balaban J connectivity index is 1.74. The molecule has 36 heavy (non-hydrogen) atoms. The van der Waals surface area contributed by atoms with Crippen molar-refractivity contribution in [2.45, 2.75) is 116 Å². The maximum atomic E-state index is 9.38. The SMILES string of the molecule is C=CC12CCc3cc(OC)ccc3[C@H]1[C@@H](CCCCCO)C[C@]1(C)[C@@H](O[Si](C)(C)C(C)(C)C)CC[C@@H]21. The first kappa shape index (κ1) is 27.9. The number of aliphatic hydroxyl groups excluding tert-OH is 1. The van der Waals surface area contributed by atoms with Gasteiger partial charge in [-0.25, -0.2) is 0 Å². The molecular formula is C32H52O3Si. The van der Waals surface area contributed by atoms with Crippen LogP contribution >= 0.6 is 0 Å². The fraction of sp³-hybridized carbons (Fsp3) is 0.750. The number of hydrogen-bond donors (Lipinski definition) is 1. The zero-order valence-electron chi connectivity index (χ0n) is 24.2. The van der Waals surface area contributed by atoms with E-state index in [1.165, 1.54) is 44.1 Å². The molecule has 1 aromatic carbocycles. The summed E-state index contributed by atoms with van der Waals surface area (Å²) < 4.78 is 12.9. The lowest BCUT2D eigenvalue weighted by Crippen LogP contribution is -2.56. The van der Waals surface area contributed by atoms with Gasteiger partial charge in [-0.15, -0.1) is 6.58 Å². The Morgan fingerprint density at radius 2 is 1.92 bits per heavy atom. The monoisotopic (exact) mass is 512 g/mol. The van der Waals surface area contributed by atoms with Gasteiger partial charge in [0.15, 0.2) is 8.32 Å². The van der Waals surface area contributed by atoms with Crippen molar-refractivity contribution >= 4 is 8.32 Å². The van der Waals surface area contributed by atoms with E-state index >= 15 is 0 Å². The quantitative estimate of drug-likeness (QED) is 0.205. The highest BCUT2D eigenvalue weighted by molar-refractivity contribution is 6.74. The molecule has 0 amide bonds. The second kappa shape index (κ2) is 10.2. The molecule has 2 saturated carbocycles. The van der Waals surface area contributed by atoms with Crippen molar-refractivity contribution < 1.29 is 14.3 Å². The summed E-state index contributed by atoms with van der Waals surface area (Å²) in [6.45, 7) is 19.4. The average molecular weight is 513 g/mol. The molecule has 1 unspecified atom stereocenters. The highest BCUT2D eigenvalue weighted by Crippen LogP contribution is 2.70. The summed E-state index contributed by atoms with van der Waals surface area (Å²) in [6, 6.07) is 6.84. The zero-order valence-corrected chi connectivity index (χ0v) is 25.2. The molecule has 2 fully saturated rings. The van der Waals surface area contributed by atoms with E-state index in [0.29, 0.717) is 30.5 Å². The minimum atomic E-state index is -1.87. The van der Waals surface area contributed by atoms with Crippen molar-refractivity contribution in [3.8, 4) is 5.75 Å². The molecule has 1 aromatic rings. The van der Waals surface area contributed by atoms with Crippen LogP contribution in [0.5, 0.6) is 5.75 Å². The largest absolute Gasteiger partial charge is 0.497 e. The van der Waals surface area contributed by atoms with Crippen LogP contribution in [0, 0.1) is 22.7 Å². The minimum absolute atomic E-state index is 0.127. The summed E-state index contributed by atoms with van der Waals surface area (Å²) in [7, 11) is -0.0917. The van der Waals surface area contributed by atoms with E-state index in [1.807, 2.05) is 0 Å². The second-order valence-corrected chi connectivity index (χ2v) is 18.7. The zero-order chi connectivity index (χ0) is 26.4. The maximum absolute atomic E-state index is 9.38. The first-order valence-electron chi connectivity index (χ1n) is 14.5. The Hall–Kier alpha value is -1.10. The van der Waals surface area contributed by atoms with E-state index in [2.05, 4.69) is 71.6 Å². The first-order valence-corrected chi connectivity index (χ1v) is 17.4. The van der Waals surface area contributed by atoms with E-state index in [-0.39, 0.29) is 15.9 Å². The third kappa shape index (κ3) is 4.64. The van der Waals surface area contributed by atoms with Crippen molar-refractivity contribution in [2.24, 2.45) is 22.7 Å². The van der Waals surface area contributed by atoms with E-state index < -0.39 is 8.32 Å². The van der Waals surface area contributed by atoms with Gasteiger partial charge in [-0.3, -0.25) is 0 Å². The number of hydrogen-bond acceptors (Lipinski definition) is 3. The van der Waals surface area contributed by atoms with Crippen LogP contribution in [-0.2, 0) is 10.8 Å². The Labute approximate surface area is 222 Å². The summed E-state index contributed by atoms with van der Waals surface area (Å²) in [4.78, 5) is 0. The highest BCUT2D eigenvalue weighted by Gasteiger charge is 2.64. The smallest absolute Gasteiger partial charge is 0.192 e. The maximum Gasteiger partial charge on any atom is 0.192 e. The Morgan fingerprint density at radius 3 is 2.56 bits per heavy atom. The van der Waals surface area contributed by atoms with E-state index in [1.54, 1.807) is 12.7 Å².